The highest BCUT2D eigenvalue weighted by Gasteiger charge is 2.25. The van der Waals surface area contributed by atoms with Crippen LogP contribution in [0.2, 0.25) is 0 Å². The van der Waals surface area contributed by atoms with Gasteiger partial charge in [-0.05, 0) is 25.4 Å². The van der Waals surface area contributed by atoms with Crippen LogP contribution in [-0.2, 0) is 9.05 Å². The van der Waals surface area contributed by atoms with E-state index in [9.17, 15) is 8.42 Å². The van der Waals surface area contributed by atoms with Crippen LogP contribution < -0.4 is 0 Å². The van der Waals surface area contributed by atoms with E-state index in [0.29, 0.717) is 10.7 Å². The molecule has 10 heteroatoms. The minimum Gasteiger partial charge on any atom is -0.293 e. The molecule has 0 saturated carbocycles. The molecule has 0 radical (unpaired) electrons. The largest absolute Gasteiger partial charge is 0.296 e. The lowest BCUT2D eigenvalue weighted by Gasteiger charge is -2.10. The second-order valence-corrected chi connectivity index (χ2v) is 6.73. The van der Waals surface area contributed by atoms with Crippen molar-refractivity contribution in [2.24, 2.45) is 0 Å². The molecule has 0 bridgehead atoms. The molecule has 17 heavy (non-hydrogen) atoms. The van der Waals surface area contributed by atoms with E-state index < -0.39 is 9.05 Å². The molecule has 0 aromatic carbocycles. The van der Waals surface area contributed by atoms with E-state index >= 15 is 0 Å². The van der Waals surface area contributed by atoms with Gasteiger partial charge in [-0.3, -0.25) is 4.57 Å². The molecule has 7 nitrogen and oxygen atoms in total. The highest BCUT2D eigenvalue weighted by Crippen LogP contribution is 2.27. The highest BCUT2D eigenvalue weighted by atomic mass is 35.7. The Balaban J connectivity index is 2.68. The number of rotatable bonds is 3. The molecule has 2 aromatic rings. The lowest BCUT2D eigenvalue weighted by Crippen LogP contribution is -2.09. The first-order chi connectivity index (χ1) is 7.91. The van der Waals surface area contributed by atoms with Crippen LogP contribution in [0.3, 0.4) is 0 Å². The van der Waals surface area contributed by atoms with Crippen LogP contribution >= 0.6 is 22.2 Å². The van der Waals surface area contributed by atoms with Crippen molar-refractivity contribution in [1.29, 1.82) is 0 Å². The second-order valence-electron chi connectivity index (χ2n) is 3.49. The Bertz CT molecular complexity index is 619. The third-order valence-electron chi connectivity index (χ3n) is 1.98. The summed E-state index contributed by atoms with van der Waals surface area (Å²) in [5.41, 5.74) is 0. The van der Waals surface area contributed by atoms with Gasteiger partial charge in [-0.15, -0.1) is 15.3 Å². The van der Waals surface area contributed by atoms with Crippen molar-refractivity contribution in [3.8, 4) is 10.7 Å². The van der Waals surface area contributed by atoms with E-state index in [1.54, 1.807) is 0 Å². The van der Waals surface area contributed by atoms with Crippen LogP contribution in [0.5, 0.6) is 0 Å². The van der Waals surface area contributed by atoms with Gasteiger partial charge in [0.1, 0.15) is 4.88 Å². The van der Waals surface area contributed by atoms with E-state index in [0.717, 1.165) is 11.5 Å². The van der Waals surface area contributed by atoms with E-state index in [1.165, 1.54) is 10.8 Å². The molecule has 0 aliphatic carbocycles. The first kappa shape index (κ1) is 12.4. The van der Waals surface area contributed by atoms with Gasteiger partial charge in [0, 0.05) is 16.7 Å². The van der Waals surface area contributed by atoms with E-state index in [4.69, 9.17) is 10.7 Å². The third-order valence-corrected chi connectivity index (χ3v) is 3.77. The summed E-state index contributed by atoms with van der Waals surface area (Å²) in [6, 6.07) is -0.148. The summed E-state index contributed by atoms with van der Waals surface area (Å²) < 4.78 is 27.9. The predicted molar refractivity (Wildman–Crippen MR) is 62.3 cm³/mol. The van der Waals surface area contributed by atoms with Gasteiger partial charge in [0.05, 0.1) is 6.20 Å². The fraction of sp³-hybridized carbons (Fsp3) is 0.429. The van der Waals surface area contributed by atoms with Gasteiger partial charge in [0.2, 0.25) is 0 Å². The summed E-state index contributed by atoms with van der Waals surface area (Å²) in [4.78, 5) is 0.637. The van der Waals surface area contributed by atoms with Crippen LogP contribution in [0.1, 0.15) is 19.9 Å². The molecule has 2 aromatic heterocycles. The van der Waals surface area contributed by atoms with Crippen LogP contribution in [-0.4, -0.2) is 32.8 Å². The van der Waals surface area contributed by atoms with Gasteiger partial charge >= 0.3 is 0 Å². The zero-order chi connectivity index (χ0) is 12.6. The summed E-state index contributed by atoms with van der Waals surface area (Å²) in [7, 11) is 1.38. The van der Waals surface area contributed by atoms with Gasteiger partial charge in [0.15, 0.2) is 5.82 Å². The number of hydrogen-bond acceptors (Lipinski definition) is 7. The van der Waals surface area contributed by atoms with Crippen molar-refractivity contribution in [2.45, 2.75) is 25.0 Å². The van der Waals surface area contributed by atoms with Gasteiger partial charge in [0.25, 0.3) is 14.2 Å². The zero-order valence-electron chi connectivity index (χ0n) is 8.90. The number of aromatic nitrogens is 5. The number of nitrogens with zero attached hydrogens (tertiary/aromatic N) is 5. The summed E-state index contributed by atoms with van der Waals surface area (Å²) >= 11 is 1.11. The summed E-state index contributed by atoms with van der Waals surface area (Å²) in [6.45, 7) is 3.62. The number of hydrogen-bond donors (Lipinski definition) is 0. The molecule has 0 aliphatic rings. The highest BCUT2D eigenvalue weighted by molar-refractivity contribution is 8.13. The first-order valence-electron chi connectivity index (χ1n) is 4.58. The van der Waals surface area contributed by atoms with Gasteiger partial charge in [-0.2, -0.15) is 0 Å². The molecule has 0 amide bonds. The molecule has 92 valence electrons. The average molecular weight is 294 g/mol. The smallest absolute Gasteiger partial charge is 0.293 e. The second kappa shape index (κ2) is 4.31. The lowest BCUT2D eigenvalue weighted by molar-refractivity contribution is 0.531. The summed E-state index contributed by atoms with van der Waals surface area (Å²) in [6.07, 6.45) is 1.50. The predicted octanol–water partition coefficient (Wildman–Crippen LogP) is 1.30. The molecule has 2 rings (SSSR count). The molecule has 0 saturated heterocycles. The molecule has 0 atom stereocenters. The van der Waals surface area contributed by atoms with Crippen molar-refractivity contribution >= 4 is 31.3 Å². The minimum absolute atomic E-state index is 0.148. The minimum atomic E-state index is -3.92. The topological polar surface area (TPSA) is 90.6 Å². The molecular formula is C7H8ClN5O2S2. The van der Waals surface area contributed by atoms with E-state index in [1.807, 2.05) is 13.8 Å². The molecule has 0 aliphatic heterocycles. The Morgan fingerprint density at radius 1 is 1.41 bits per heavy atom. The molecule has 0 spiro atoms. The maximum atomic E-state index is 11.4. The number of halogens is 1. The van der Waals surface area contributed by atoms with Crippen molar-refractivity contribution < 1.29 is 8.42 Å². The Morgan fingerprint density at radius 3 is 2.59 bits per heavy atom. The zero-order valence-corrected chi connectivity index (χ0v) is 11.3. The third kappa shape index (κ3) is 2.31. The van der Waals surface area contributed by atoms with Gasteiger partial charge in [-0.25, -0.2) is 8.42 Å². The summed E-state index contributed by atoms with van der Waals surface area (Å²) in [5.74, 6) is 0.397. The fourth-order valence-electron chi connectivity index (χ4n) is 1.34. The maximum Gasteiger partial charge on any atom is 0.296 e. The van der Waals surface area contributed by atoms with Gasteiger partial charge < -0.3 is 0 Å². The van der Waals surface area contributed by atoms with Crippen molar-refractivity contribution in [1.82, 2.24) is 24.4 Å². The maximum absolute atomic E-state index is 11.4. The summed E-state index contributed by atoms with van der Waals surface area (Å²) in [5, 5.41) is 10.8. The molecule has 0 unspecified atom stereocenters. The normalized spacial score (nSPS) is 12.2. The Hall–Kier alpha value is -1.06. The van der Waals surface area contributed by atoms with Crippen LogP contribution in [0.25, 0.3) is 10.7 Å². The van der Waals surface area contributed by atoms with Crippen LogP contribution in [0.15, 0.2) is 11.4 Å². The molecular weight excluding hydrogens is 286 g/mol. The van der Waals surface area contributed by atoms with Crippen molar-refractivity contribution in [3.05, 3.63) is 6.20 Å². The monoisotopic (exact) mass is 293 g/mol. The van der Waals surface area contributed by atoms with Crippen molar-refractivity contribution in [2.75, 3.05) is 0 Å². The molecule has 0 fully saturated rings. The SMILES string of the molecule is CC(C)n1c(-c2cnns2)nnc1S(=O)(=O)Cl. The molecule has 0 N–H and O–H groups in total. The Morgan fingerprint density at radius 2 is 2.12 bits per heavy atom. The average Bonchev–Trinajstić information content (AvgIpc) is 2.84. The van der Waals surface area contributed by atoms with Crippen LogP contribution in [0.4, 0.5) is 0 Å². The van der Waals surface area contributed by atoms with E-state index in [-0.39, 0.29) is 11.2 Å². The van der Waals surface area contributed by atoms with Crippen LogP contribution in [0, 0.1) is 0 Å². The lowest BCUT2D eigenvalue weighted by atomic mass is 10.3. The first-order valence-corrected chi connectivity index (χ1v) is 7.67. The molecule has 2 heterocycles. The van der Waals surface area contributed by atoms with Crippen molar-refractivity contribution in [3.63, 3.8) is 0 Å². The van der Waals surface area contributed by atoms with Gasteiger partial charge in [-0.1, -0.05) is 4.49 Å². The Labute approximate surface area is 106 Å². The Kier molecular flexibility index (Phi) is 3.15. The quantitative estimate of drug-likeness (QED) is 0.792. The fourth-order valence-corrected chi connectivity index (χ4v) is 2.83. The standard InChI is InChI=1S/C7H8ClN5O2S2/c1-4(2)13-6(5-3-9-12-16-5)10-11-7(13)17(8,14)15/h3-4H,1-2H3. The van der Waals surface area contributed by atoms with E-state index in [2.05, 4.69) is 19.8 Å².